The fourth-order valence-corrected chi connectivity index (χ4v) is 1.84. The average molecular weight is 286 g/mol. The monoisotopic (exact) mass is 286 g/mol. The minimum atomic E-state index is -1.07. The molecule has 21 heavy (non-hydrogen) atoms. The number of pyridine rings is 1. The van der Waals surface area contributed by atoms with Crippen molar-refractivity contribution in [3.8, 4) is 0 Å². The Labute approximate surface area is 123 Å². The minimum Gasteiger partial charge on any atom is -0.476 e. The van der Waals surface area contributed by atoms with Crippen LogP contribution in [0, 0.1) is 6.92 Å². The molecule has 0 amide bonds. The first-order valence-corrected chi connectivity index (χ1v) is 6.72. The molecule has 110 valence electrons. The zero-order chi connectivity index (χ0) is 15.4. The highest BCUT2D eigenvalue weighted by molar-refractivity contribution is 5.91. The summed E-state index contributed by atoms with van der Waals surface area (Å²) in [5, 5.41) is 12.4. The SMILES string of the molecule is Cc1ccncc1CNc1cnc(C(C)C)nc1C(=O)O. The molecule has 0 saturated heterocycles. The molecule has 0 aliphatic rings. The molecule has 2 aromatic heterocycles. The Kier molecular flexibility index (Phi) is 4.47. The van der Waals surface area contributed by atoms with E-state index in [4.69, 9.17) is 0 Å². The molecule has 0 spiro atoms. The topological polar surface area (TPSA) is 88.0 Å². The van der Waals surface area contributed by atoms with Gasteiger partial charge in [0.15, 0.2) is 5.69 Å². The predicted octanol–water partition coefficient (Wildman–Crippen LogP) is 2.61. The standard InChI is InChI=1S/C15H18N4O2/c1-9(2)14-18-8-12(13(19-14)15(20)21)17-7-11-6-16-5-4-10(11)3/h4-6,8-9,17H,7H2,1-3H3,(H,20,21). The molecule has 0 radical (unpaired) electrons. The van der Waals surface area contributed by atoms with Crippen LogP contribution < -0.4 is 5.32 Å². The van der Waals surface area contributed by atoms with Crippen molar-refractivity contribution in [3.05, 3.63) is 47.3 Å². The summed E-state index contributed by atoms with van der Waals surface area (Å²) in [7, 11) is 0. The lowest BCUT2D eigenvalue weighted by Gasteiger charge is -2.12. The number of aromatic carboxylic acids is 1. The van der Waals surface area contributed by atoms with Crippen LogP contribution in [-0.4, -0.2) is 26.0 Å². The van der Waals surface area contributed by atoms with Crippen LogP contribution in [0.5, 0.6) is 0 Å². The molecule has 0 saturated carbocycles. The maximum absolute atomic E-state index is 11.3. The van der Waals surface area contributed by atoms with E-state index in [-0.39, 0.29) is 11.6 Å². The first-order valence-electron chi connectivity index (χ1n) is 6.72. The molecule has 0 aliphatic heterocycles. The van der Waals surface area contributed by atoms with E-state index in [1.54, 1.807) is 12.4 Å². The third kappa shape index (κ3) is 3.53. The summed E-state index contributed by atoms with van der Waals surface area (Å²) in [5.74, 6) is -0.460. The smallest absolute Gasteiger partial charge is 0.356 e. The highest BCUT2D eigenvalue weighted by Gasteiger charge is 2.15. The number of hydrogen-bond donors (Lipinski definition) is 2. The third-order valence-electron chi connectivity index (χ3n) is 3.14. The van der Waals surface area contributed by atoms with Gasteiger partial charge in [0.25, 0.3) is 0 Å². The molecule has 2 rings (SSSR count). The van der Waals surface area contributed by atoms with Crippen LogP contribution in [-0.2, 0) is 6.54 Å². The van der Waals surface area contributed by atoms with Gasteiger partial charge in [0.2, 0.25) is 0 Å². The van der Waals surface area contributed by atoms with Gasteiger partial charge in [-0.05, 0) is 24.1 Å². The molecule has 2 heterocycles. The van der Waals surface area contributed by atoms with Crippen molar-refractivity contribution in [2.45, 2.75) is 33.2 Å². The molecular weight excluding hydrogens is 268 g/mol. The molecule has 2 N–H and O–H groups in total. The van der Waals surface area contributed by atoms with Gasteiger partial charge in [0.1, 0.15) is 5.82 Å². The summed E-state index contributed by atoms with van der Waals surface area (Å²) in [6, 6.07) is 1.91. The average Bonchev–Trinajstić information content (AvgIpc) is 2.46. The number of rotatable bonds is 5. The molecule has 0 unspecified atom stereocenters. The first-order chi connectivity index (χ1) is 9.99. The Bertz CT molecular complexity index is 656. The second-order valence-corrected chi connectivity index (χ2v) is 5.11. The summed E-state index contributed by atoms with van der Waals surface area (Å²) in [5.41, 5.74) is 2.50. The Hall–Kier alpha value is -2.50. The first kappa shape index (κ1) is 14.9. The Morgan fingerprint density at radius 1 is 1.38 bits per heavy atom. The number of aryl methyl sites for hydroxylation is 1. The van der Waals surface area contributed by atoms with Crippen molar-refractivity contribution < 1.29 is 9.90 Å². The largest absolute Gasteiger partial charge is 0.476 e. The Balaban J connectivity index is 2.24. The van der Waals surface area contributed by atoms with E-state index in [2.05, 4.69) is 20.3 Å². The zero-order valence-corrected chi connectivity index (χ0v) is 12.3. The van der Waals surface area contributed by atoms with E-state index < -0.39 is 5.97 Å². The lowest BCUT2D eigenvalue weighted by molar-refractivity contribution is 0.0691. The molecular formula is C15H18N4O2. The molecule has 0 aliphatic carbocycles. The maximum atomic E-state index is 11.3. The number of hydrogen-bond acceptors (Lipinski definition) is 5. The number of nitrogens with one attached hydrogen (secondary N) is 1. The van der Waals surface area contributed by atoms with Crippen LogP contribution in [0.25, 0.3) is 0 Å². The molecule has 0 aromatic carbocycles. The van der Waals surface area contributed by atoms with Gasteiger partial charge in [-0.1, -0.05) is 13.8 Å². The third-order valence-corrected chi connectivity index (χ3v) is 3.14. The van der Waals surface area contributed by atoms with Crippen LogP contribution in [0.4, 0.5) is 5.69 Å². The van der Waals surface area contributed by atoms with Gasteiger partial charge < -0.3 is 10.4 Å². The van der Waals surface area contributed by atoms with Crippen molar-refractivity contribution >= 4 is 11.7 Å². The van der Waals surface area contributed by atoms with Crippen LogP contribution in [0.15, 0.2) is 24.7 Å². The lowest BCUT2D eigenvalue weighted by Crippen LogP contribution is -2.12. The zero-order valence-electron chi connectivity index (χ0n) is 12.3. The second-order valence-electron chi connectivity index (χ2n) is 5.11. The molecule has 0 atom stereocenters. The molecule has 2 aromatic rings. The number of carbonyl (C=O) groups is 1. The van der Waals surface area contributed by atoms with Gasteiger partial charge in [-0.25, -0.2) is 14.8 Å². The van der Waals surface area contributed by atoms with Crippen molar-refractivity contribution in [2.24, 2.45) is 0 Å². The van der Waals surface area contributed by atoms with E-state index in [9.17, 15) is 9.90 Å². The summed E-state index contributed by atoms with van der Waals surface area (Å²) in [6.45, 7) is 6.31. The Morgan fingerprint density at radius 3 is 2.76 bits per heavy atom. The highest BCUT2D eigenvalue weighted by Crippen LogP contribution is 2.17. The van der Waals surface area contributed by atoms with E-state index in [0.717, 1.165) is 11.1 Å². The number of nitrogens with zero attached hydrogens (tertiary/aromatic N) is 3. The number of aromatic nitrogens is 3. The summed E-state index contributed by atoms with van der Waals surface area (Å²) < 4.78 is 0. The fourth-order valence-electron chi connectivity index (χ4n) is 1.84. The van der Waals surface area contributed by atoms with Crippen molar-refractivity contribution in [1.82, 2.24) is 15.0 Å². The van der Waals surface area contributed by atoms with Crippen molar-refractivity contribution in [2.75, 3.05) is 5.32 Å². The van der Waals surface area contributed by atoms with Crippen molar-refractivity contribution in [3.63, 3.8) is 0 Å². The normalized spacial score (nSPS) is 10.7. The highest BCUT2D eigenvalue weighted by atomic mass is 16.4. The molecule has 0 bridgehead atoms. The summed E-state index contributed by atoms with van der Waals surface area (Å²) in [6.07, 6.45) is 5.01. The van der Waals surface area contributed by atoms with Gasteiger partial charge in [-0.2, -0.15) is 0 Å². The van der Waals surface area contributed by atoms with Crippen LogP contribution >= 0.6 is 0 Å². The minimum absolute atomic E-state index is 0.00440. The predicted molar refractivity (Wildman–Crippen MR) is 79.4 cm³/mol. The van der Waals surface area contributed by atoms with Gasteiger partial charge in [-0.15, -0.1) is 0 Å². The number of carboxylic acids is 1. The van der Waals surface area contributed by atoms with Gasteiger partial charge in [0.05, 0.1) is 11.9 Å². The van der Waals surface area contributed by atoms with Gasteiger partial charge >= 0.3 is 5.97 Å². The molecule has 6 heteroatoms. The number of carboxylic acid groups (broad SMARTS) is 1. The summed E-state index contributed by atoms with van der Waals surface area (Å²) >= 11 is 0. The van der Waals surface area contributed by atoms with Gasteiger partial charge in [-0.3, -0.25) is 4.98 Å². The molecule has 6 nitrogen and oxygen atoms in total. The second kappa shape index (κ2) is 6.30. The van der Waals surface area contributed by atoms with Gasteiger partial charge in [0, 0.05) is 24.9 Å². The quantitative estimate of drug-likeness (QED) is 0.878. The van der Waals surface area contributed by atoms with Crippen LogP contribution in [0.1, 0.15) is 47.2 Å². The van der Waals surface area contributed by atoms with Crippen LogP contribution in [0.3, 0.4) is 0 Å². The van der Waals surface area contributed by atoms with E-state index in [1.165, 1.54) is 6.20 Å². The van der Waals surface area contributed by atoms with E-state index in [1.807, 2.05) is 26.8 Å². The molecule has 0 fully saturated rings. The maximum Gasteiger partial charge on any atom is 0.356 e. The van der Waals surface area contributed by atoms with Crippen molar-refractivity contribution in [1.29, 1.82) is 0 Å². The number of anilines is 1. The van der Waals surface area contributed by atoms with E-state index in [0.29, 0.717) is 18.1 Å². The fraction of sp³-hybridized carbons (Fsp3) is 0.333. The lowest BCUT2D eigenvalue weighted by atomic mass is 10.1. The Morgan fingerprint density at radius 2 is 2.14 bits per heavy atom. The summed E-state index contributed by atoms with van der Waals surface area (Å²) in [4.78, 5) is 23.7. The van der Waals surface area contributed by atoms with Crippen LogP contribution in [0.2, 0.25) is 0 Å². The van der Waals surface area contributed by atoms with E-state index >= 15 is 0 Å².